The maximum Gasteiger partial charge on any atom is 0.327 e. The fraction of sp³-hybridized carbons (Fsp3) is 0.333. The first-order valence-corrected chi connectivity index (χ1v) is 6.73. The number of carbonyl (C=O) groups is 2. The lowest BCUT2D eigenvalue weighted by molar-refractivity contribution is -0.148. The largest absolute Gasteiger partial charge is 0.480 e. The van der Waals surface area contributed by atoms with E-state index in [4.69, 9.17) is 5.11 Å². The van der Waals surface area contributed by atoms with Crippen LogP contribution in [0, 0.1) is 0 Å². The van der Waals surface area contributed by atoms with Gasteiger partial charge >= 0.3 is 5.97 Å². The Labute approximate surface area is 120 Å². The first-order valence-electron chi connectivity index (χ1n) is 5.31. The topological polar surface area (TPSA) is 57.6 Å². The number of halogens is 1. The highest BCUT2D eigenvalue weighted by atomic mass is 79.9. The number of carboxylic acids is 1. The lowest BCUT2D eigenvalue weighted by Crippen LogP contribution is -2.44. The third kappa shape index (κ3) is 4.03. The standard InChI is InChI=1S/C12H14BrNO3S/c1-8(15)14(11(7-18)12(16)17)6-9-2-4-10(13)5-3-9/h2-5,11,18H,6-7H2,1H3,(H,16,17)/t11-/m0/s1. The van der Waals surface area contributed by atoms with E-state index >= 15 is 0 Å². The summed E-state index contributed by atoms with van der Waals surface area (Å²) in [6.07, 6.45) is 0. The minimum absolute atomic E-state index is 0.0887. The molecule has 1 atom stereocenters. The van der Waals surface area contributed by atoms with E-state index in [2.05, 4.69) is 28.6 Å². The molecular formula is C12H14BrNO3S. The quantitative estimate of drug-likeness (QED) is 0.813. The summed E-state index contributed by atoms with van der Waals surface area (Å²) in [7, 11) is 0. The van der Waals surface area contributed by atoms with E-state index < -0.39 is 12.0 Å². The summed E-state index contributed by atoms with van der Waals surface area (Å²) in [6, 6.07) is 6.48. The van der Waals surface area contributed by atoms with Gasteiger partial charge in [0.25, 0.3) is 0 Å². The number of hydrogen-bond donors (Lipinski definition) is 2. The van der Waals surface area contributed by atoms with Crippen LogP contribution in [-0.4, -0.2) is 33.7 Å². The zero-order chi connectivity index (χ0) is 13.7. The monoisotopic (exact) mass is 331 g/mol. The van der Waals surface area contributed by atoms with Crippen molar-refractivity contribution in [2.45, 2.75) is 19.5 Å². The molecule has 0 aliphatic rings. The fourth-order valence-corrected chi connectivity index (χ4v) is 2.16. The van der Waals surface area contributed by atoms with Gasteiger partial charge < -0.3 is 10.0 Å². The average molecular weight is 332 g/mol. The van der Waals surface area contributed by atoms with Crippen LogP contribution < -0.4 is 0 Å². The second-order valence-electron chi connectivity index (χ2n) is 3.81. The van der Waals surface area contributed by atoms with Crippen molar-refractivity contribution < 1.29 is 14.7 Å². The van der Waals surface area contributed by atoms with Crippen LogP contribution in [0.2, 0.25) is 0 Å². The molecule has 0 heterocycles. The summed E-state index contributed by atoms with van der Waals surface area (Å²) < 4.78 is 0.935. The van der Waals surface area contributed by atoms with Gasteiger partial charge in [-0.15, -0.1) is 0 Å². The van der Waals surface area contributed by atoms with E-state index in [1.54, 1.807) is 0 Å². The second-order valence-corrected chi connectivity index (χ2v) is 5.09. The van der Waals surface area contributed by atoms with Crippen molar-refractivity contribution in [3.05, 3.63) is 34.3 Å². The van der Waals surface area contributed by atoms with Crippen LogP contribution in [0.5, 0.6) is 0 Å². The van der Waals surface area contributed by atoms with Crippen LogP contribution in [0.1, 0.15) is 12.5 Å². The highest BCUT2D eigenvalue weighted by Crippen LogP contribution is 2.14. The molecule has 0 radical (unpaired) electrons. The van der Waals surface area contributed by atoms with Crippen molar-refractivity contribution in [3.8, 4) is 0 Å². The molecule has 1 N–H and O–H groups in total. The van der Waals surface area contributed by atoms with Crippen molar-refractivity contribution >= 4 is 40.4 Å². The van der Waals surface area contributed by atoms with Crippen LogP contribution in [0.15, 0.2) is 28.7 Å². The van der Waals surface area contributed by atoms with Gasteiger partial charge in [0, 0.05) is 23.7 Å². The Morgan fingerprint density at radius 3 is 2.33 bits per heavy atom. The number of amides is 1. The molecule has 0 unspecified atom stereocenters. The third-order valence-electron chi connectivity index (χ3n) is 2.50. The molecule has 0 aliphatic heterocycles. The minimum Gasteiger partial charge on any atom is -0.480 e. The molecule has 0 aliphatic carbocycles. The van der Waals surface area contributed by atoms with Gasteiger partial charge in [0.2, 0.25) is 5.91 Å². The zero-order valence-corrected chi connectivity index (χ0v) is 12.3. The van der Waals surface area contributed by atoms with E-state index in [0.717, 1.165) is 10.0 Å². The number of aliphatic carboxylic acids is 1. The second kappa shape index (κ2) is 6.80. The Kier molecular flexibility index (Phi) is 5.68. The van der Waals surface area contributed by atoms with Crippen LogP contribution in [0.25, 0.3) is 0 Å². The highest BCUT2D eigenvalue weighted by molar-refractivity contribution is 9.10. The summed E-state index contributed by atoms with van der Waals surface area (Å²) in [4.78, 5) is 23.9. The van der Waals surface area contributed by atoms with Gasteiger partial charge in [-0.3, -0.25) is 4.79 Å². The Balaban J connectivity index is 2.89. The lowest BCUT2D eigenvalue weighted by Gasteiger charge is -2.26. The molecule has 4 nitrogen and oxygen atoms in total. The van der Waals surface area contributed by atoms with Gasteiger partial charge in [0.1, 0.15) is 6.04 Å². The summed E-state index contributed by atoms with van der Waals surface area (Å²) in [5.41, 5.74) is 0.876. The third-order valence-corrected chi connectivity index (χ3v) is 3.38. The molecule has 1 aromatic carbocycles. The Bertz CT molecular complexity index is 435. The van der Waals surface area contributed by atoms with Gasteiger partial charge in [-0.2, -0.15) is 12.6 Å². The van der Waals surface area contributed by atoms with E-state index in [9.17, 15) is 9.59 Å². The molecule has 0 bridgehead atoms. The molecule has 0 saturated heterocycles. The smallest absolute Gasteiger partial charge is 0.327 e. The van der Waals surface area contributed by atoms with Crippen molar-refractivity contribution in [2.75, 3.05) is 5.75 Å². The number of carbonyl (C=O) groups excluding carboxylic acids is 1. The minimum atomic E-state index is -1.04. The Hall–Kier alpha value is -1.01. The molecular weight excluding hydrogens is 318 g/mol. The van der Waals surface area contributed by atoms with Gasteiger partial charge in [-0.25, -0.2) is 4.79 Å². The predicted molar refractivity (Wildman–Crippen MR) is 75.6 cm³/mol. The summed E-state index contributed by atoms with van der Waals surface area (Å²) >= 11 is 7.31. The summed E-state index contributed by atoms with van der Waals surface area (Å²) in [5, 5.41) is 9.06. The van der Waals surface area contributed by atoms with E-state index in [-0.39, 0.29) is 18.2 Å². The maximum absolute atomic E-state index is 11.5. The van der Waals surface area contributed by atoms with Gasteiger partial charge in [-0.1, -0.05) is 28.1 Å². The fourth-order valence-electron chi connectivity index (χ4n) is 1.54. The van der Waals surface area contributed by atoms with E-state index in [1.807, 2.05) is 24.3 Å². The van der Waals surface area contributed by atoms with Crippen molar-refractivity contribution in [1.82, 2.24) is 4.90 Å². The number of rotatable bonds is 5. The zero-order valence-electron chi connectivity index (χ0n) is 9.84. The molecule has 6 heteroatoms. The van der Waals surface area contributed by atoms with E-state index in [0.29, 0.717) is 0 Å². The normalized spacial score (nSPS) is 11.9. The molecule has 0 saturated carbocycles. The van der Waals surface area contributed by atoms with Crippen LogP contribution in [0.4, 0.5) is 0 Å². The maximum atomic E-state index is 11.5. The van der Waals surface area contributed by atoms with Crippen molar-refractivity contribution in [3.63, 3.8) is 0 Å². The van der Waals surface area contributed by atoms with Crippen LogP contribution in [-0.2, 0) is 16.1 Å². The van der Waals surface area contributed by atoms with Gasteiger partial charge in [-0.05, 0) is 17.7 Å². The number of thiol groups is 1. The Morgan fingerprint density at radius 1 is 1.39 bits per heavy atom. The molecule has 1 aromatic rings. The first-order chi connectivity index (χ1) is 8.45. The lowest BCUT2D eigenvalue weighted by atomic mass is 10.2. The molecule has 0 aromatic heterocycles. The number of carboxylic acid groups (broad SMARTS) is 1. The molecule has 0 spiro atoms. The summed E-state index contributed by atoms with van der Waals surface area (Å²) in [5.74, 6) is -1.23. The Morgan fingerprint density at radius 2 is 1.94 bits per heavy atom. The molecule has 1 amide bonds. The van der Waals surface area contributed by atoms with Gasteiger partial charge in [0.15, 0.2) is 0 Å². The SMILES string of the molecule is CC(=O)N(Cc1ccc(Br)cc1)[C@@H](CS)C(=O)O. The highest BCUT2D eigenvalue weighted by Gasteiger charge is 2.26. The average Bonchev–Trinajstić information content (AvgIpc) is 2.30. The van der Waals surface area contributed by atoms with Gasteiger partial charge in [0.05, 0.1) is 0 Å². The molecule has 18 heavy (non-hydrogen) atoms. The molecule has 1 rings (SSSR count). The van der Waals surface area contributed by atoms with Crippen molar-refractivity contribution in [1.29, 1.82) is 0 Å². The first kappa shape index (κ1) is 15.0. The number of nitrogens with zero attached hydrogens (tertiary/aromatic N) is 1. The van der Waals surface area contributed by atoms with Crippen LogP contribution in [0.3, 0.4) is 0 Å². The molecule has 0 fully saturated rings. The van der Waals surface area contributed by atoms with E-state index in [1.165, 1.54) is 11.8 Å². The predicted octanol–water partition coefficient (Wildman–Crippen LogP) is 2.18. The van der Waals surface area contributed by atoms with Crippen LogP contribution >= 0.6 is 28.6 Å². The number of benzene rings is 1. The number of hydrogen-bond acceptors (Lipinski definition) is 3. The molecule has 98 valence electrons. The van der Waals surface area contributed by atoms with Crippen molar-refractivity contribution in [2.24, 2.45) is 0 Å². The summed E-state index contributed by atoms with van der Waals surface area (Å²) in [6.45, 7) is 1.62.